The van der Waals surface area contributed by atoms with Crippen molar-refractivity contribution in [2.24, 2.45) is 0 Å². The number of nitrogens with zero attached hydrogens (tertiary/aromatic N) is 1. The molecule has 0 bridgehead atoms. The number of hydrogen-bond donors (Lipinski definition) is 2. The van der Waals surface area contributed by atoms with Gasteiger partial charge in [-0.3, -0.25) is 0 Å². The van der Waals surface area contributed by atoms with Crippen molar-refractivity contribution < 1.29 is 14.3 Å². The number of urea groups is 1. The van der Waals surface area contributed by atoms with Crippen LogP contribution in [0.3, 0.4) is 0 Å². The minimum atomic E-state index is -0.0335. The minimum Gasteiger partial charge on any atom is -0.454 e. The Bertz CT molecular complexity index is 434. The molecule has 1 aliphatic heterocycles. The molecule has 5 nitrogen and oxygen atoms in total. The fraction of sp³-hybridized carbons (Fsp3) is 0.643. The maximum atomic E-state index is 12.2. The molecule has 0 saturated carbocycles. The molecule has 1 aromatic heterocycles. The minimum absolute atomic E-state index is 0.0335. The second-order valence-corrected chi connectivity index (χ2v) is 5.82. The number of amides is 2. The van der Waals surface area contributed by atoms with Gasteiger partial charge in [-0.1, -0.05) is 0 Å². The monoisotopic (exact) mass is 344 g/mol. The molecule has 0 aromatic carbocycles. The van der Waals surface area contributed by atoms with E-state index in [1.54, 1.807) is 0 Å². The van der Waals surface area contributed by atoms with Gasteiger partial charge >= 0.3 is 6.03 Å². The van der Waals surface area contributed by atoms with Crippen LogP contribution in [0, 0.1) is 0 Å². The van der Waals surface area contributed by atoms with Gasteiger partial charge in [-0.2, -0.15) is 0 Å². The predicted molar refractivity (Wildman–Crippen MR) is 79.6 cm³/mol. The molecular weight excluding hydrogens is 324 g/mol. The van der Waals surface area contributed by atoms with Gasteiger partial charge in [0.1, 0.15) is 5.76 Å². The molecule has 0 radical (unpaired) electrons. The van der Waals surface area contributed by atoms with E-state index in [9.17, 15) is 4.79 Å². The van der Waals surface area contributed by atoms with Gasteiger partial charge in [-0.05, 0) is 53.7 Å². The van der Waals surface area contributed by atoms with Crippen molar-refractivity contribution in [1.29, 1.82) is 0 Å². The normalized spacial score (nSPS) is 19.1. The third-order valence-corrected chi connectivity index (χ3v) is 4.05. The summed E-state index contributed by atoms with van der Waals surface area (Å²) >= 11 is 3.25. The molecule has 1 atom stereocenters. The van der Waals surface area contributed by atoms with E-state index in [0.717, 1.165) is 31.6 Å². The summed E-state index contributed by atoms with van der Waals surface area (Å²) in [6, 6.07) is 3.88. The molecule has 20 heavy (non-hydrogen) atoms. The lowest BCUT2D eigenvalue weighted by Gasteiger charge is -2.35. The molecule has 2 amide bonds. The number of nitrogens with one attached hydrogen (secondary N) is 1. The van der Waals surface area contributed by atoms with Crippen LogP contribution >= 0.6 is 15.9 Å². The Morgan fingerprint density at radius 2 is 2.35 bits per heavy atom. The van der Waals surface area contributed by atoms with Crippen LogP contribution in [0.1, 0.15) is 31.4 Å². The van der Waals surface area contributed by atoms with Crippen LogP contribution in [-0.2, 0) is 6.42 Å². The second kappa shape index (κ2) is 7.69. The average molecular weight is 345 g/mol. The predicted octanol–water partition coefficient (Wildman–Crippen LogP) is 2.53. The van der Waals surface area contributed by atoms with Crippen LogP contribution < -0.4 is 5.32 Å². The Hall–Kier alpha value is -1.01. The number of aliphatic hydroxyl groups is 1. The number of hydrogen-bond acceptors (Lipinski definition) is 3. The number of halogens is 1. The lowest BCUT2D eigenvalue weighted by atomic mass is 10.0. The number of aliphatic hydroxyl groups excluding tert-OH is 1. The van der Waals surface area contributed by atoms with Crippen molar-refractivity contribution in [2.45, 2.75) is 38.1 Å². The molecule has 112 valence electrons. The lowest BCUT2D eigenvalue weighted by molar-refractivity contribution is 0.132. The van der Waals surface area contributed by atoms with Gasteiger partial charge < -0.3 is 19.7 Å². The summed E-state index contributed by atoms with van der Waals surface area (Å²) in [4.78, 5) is 14.0. The van der Waals surface area contributed by atoms with E-state index in [-0.39, 0.29) is 18.7 Å². The smallest absolute Gasteiger partial charge is 0.317 e. The Morgan fingerprint density at radius 3 is 3.05 bits per heavy atom. The van der Waals surface area contributed by atoms with Gasteiger partial charge in [0.05, 0.1) is 0 Å². The van der Waals surface area contributed by atoms with Gasteiger partial charge in [0.2, 0.25) is 0 Å². The molecule has 2 heterocycles. The summed E-state index contributed by atoms with van der Waals surface area (Å²) < 4.78 is 6.10. The summed E-state index contributed by atoms with van der Waals surface area (Å²) in [6.07, 6.45) is 4.50. The highest BCUT2D eigenvalue weighted by Gasteiger charge is 2.25. The van der Waals surface area contributed by atoms with Crippen molar-refractivity contribution in [1.82, 2.24) is 10.2 Å². The molecule has 1 fully saturated rings. The highest BCUT2D eigenvalue weighted by molar-refractivity contribution is 9.10. The molecule has 2 N–H and O–H groups in total. The summed E-state index contributed by atoms with van der Waals surface area (Å²) in [7, 11) is 0. The van der Waals surface area contributed by atoms with Crippen molar-refractivity contribution in [3.63, 3.8) is 0 Å². The van der Waals surface area contributed by atoms with E-state index >= 15 is 0 Å². The van der Waals surface area contributed by atoms with Crippen LogP contribution in [0.5, 0.6) is 0 Å². The number of furan rings is 1. The number of likely N-dealkylation sites (tertiary alicyclic amines) is 1. The molecule has 1 aromatic rings. The highest BCUT2D eigenvalue weighted by atomic mass is 79.9. The summed E-state index contributed by atoms with van der Waals surface area (Å²) in [5.41, 5.74) is 0. The van der Waals surface area contributed by atoms with Crippen LogP contribution in [0.4, 0.5) is 4.79 Å². The van der Waals surface area contributed by atoms with Gasteiger partial charge in [0, 0.05) is 32.2 Å². The van der Waals surface area contributed by atoms with Crippen LogP contribution in [-0.4, -0.2) is 41.8 Å². The Kier molecular flexibility index (Phi) is 5.91. The van der Waals surface area contributed by atoms with E-state index in [2.05, 4.69) is 21.2 Å². The summed E-state index contributed by atoms with van der Waals surface area (Å²) in [5, 5.41) is 12.0. The molecule has 6 heteroatoms. The number of carbonyl (C=O) groups is 1. The van der Waals surface area contributed by atoms with Gasteiger partial charge in [-0.25, -0.2) is 4.79 Å². The highest BCUT2D eigenvalue weighted by Crippen LogP contribution is 2.19. The summed E-state index contributed by atoms with van der Waals surface area (Å²) in [6.45, 7) is 1.47. The fourth-order valence-corrected chi connectivity index (χ4v) is 2.94. The zero-order valence-electron chi connectivity index (χ0n) is 11.5. The SMILES string of the molecule is O=C(NCCc1ccc(Br)o1)N1CCCCC1CCO. The van der Waals surface area contributed by atoms with Gasteiger partial charge in [0.25, 0.3) is 0 Å². The fourth-order valence-electron chi connectivity index (χ4n) is 2.60. The topological polar surface area (TPSA) is 65.7 Å². The summed E-state index contributed by atoms with van der Waals surface area (Å²) in [5.74, 6) is 0.850. The number of carbonyl (C=O) groups excluding carboxylic acids is 1. The lowest BCUT2D eigenvalue weighted by Crippen LogP contribution is -2.49. The van der Waals surface area contributed by atoms with Gasteiger partial charge in [0.15, 0.2) is 4.67 Å². The second-order valence-electron chi connectivity index (χ2n) is 5.04. The van der Waals surface area contributed by atoms with Crippen molar-refractivity contribution in [3.05, 3.63) is 22.6 Å². The molecular formula is C14H21BrN2O3. The Balaban J connectivity index is 1.77. The van der Waals surface area contributed by atoms with Crippen molar-refractivity contribution in [3.8, 4) is 0 Å². The number of piperidine rings is 1. The first-order valence-corrected chi connectivity index (χ1v) is 7.89. The Labute approximate surface area is 127 Å². The maximum Gasteiger partial charge on any atom is 0.317 e. The van der Waals surface area contributed by atoms with Crippen LogP contribution in [0.25, 0.3) is 0 Å². The quantitative estimate of drug-likeness (QED) is 0.862. The van der Waals surface area contributed by atoms with E-state index in [4.69, 9.17) is 9.52 Å². The molecule has 0 spiro atoms. The van der Waals surface area contributed by atoms with E-state index in [1.807, 2.05) is 17.0 Å². The molecule has 1 aliphatic rings. The number of rotatable bonds is 5. The van der Waals surface area contributed by atoms with E-state index in [1.165, 1.54) is 0 Å². The van der Waals surface area contributed by atoms with E-state index in [0.29, 0.717) is 24.1 Å². The first-order valence-electron chi connectivity index (χ1n) is 7.10. The molecule has 1 unspecified atom stereocenters. The van der Waals surface area contributed by atoms with Gasteiger partial charge in [-0.15, -0.1) is 0 Å². The molecule has 0 aliphatic carbocycles. The van der Waals surface area contributed by atoms with Crippen LogP contribution in [0.2, 0.25) is 0 Å². The maximum absolute atomic E-state index is 12.2. The third kappa shape index (κ3) is 4.24. The average Bonchev–Trinajstić information content (AvgIpc) is 2.85. The zero-order valence-corrected chi connectivity index (χ0v) is 13.1. The third-order valence-electron chi connectivity index (χ3n) is 3.63. The van der Waals surface area contributed by atoms with Crippen molar-refractivity contribution in [2.75, 3.05) is 19.7 Å². The Morgan fingerprint density at radius 1 is 1.50 bits per heavy atom. The zero-order chi connectivity index (χ0) is 14.4. The van der Waals surface area contributed by atoms with Crippen molar-refractivity contribution >= 4 is 22.0 Å². The van der Waals surface area contributed by atoms with E-state index < -0.39 is 0 Å². The molecule has 2 rings (SSSR count). The largest absolute Gasteiger partial charge is 0.454 e. The first-order chi connectivity index (χ1) is 9.70. The molecule has 1 saturated heterocycles. The standard InChI is InChI=1S/C14H21BrN2O3/c15-13-5-4-12(20-13)6-8-16-14(19)17-9-2-1-3-11(17)7-10-18/h4-5,11,18H,1-3,6-10H2,(H,16,19). The first kappa shape index (κ1) is 15.4. The van der Waals surface area contributed by atoms with Crippen LogP contribution in [0.15, 0.2) is 21.2 Å².